The summed E-state index contributed by atoms with van der Waals surface area (Å²) in [5.74, 6) is 0. The molecule has 1 aliphatic heterocycles. The van der Waals surface area contributed by atoms with Crippen molar-refractivity contribution in [1.82, 2.24) is 5.32 Å². The Morgan fingerprint density at radius 1 is 1.18 bits per heavy atom. The molecule has 2 unspecified atom stereocenters. The molecule has 1 rings (SSSR count). The zero-order valence-corrected chi connectivity index (χ0v) is 8.28. The van der Waals surface area contributed by atoms with Gasteiger partial charge >= 0.3 is 0 Å². The van der Waals surface area contributed by atoms with E-state index in [0.717, 1.165) is 12.8 Å². The molecular formula is C10H21N. The number of hydrogen-bond acceptors (Lipinski definition) is 1. The van der Waals surface area contributed by atoms with E-state index in [2.05, 4.69) is 25.7 Å². The van der Waals surface area contributed by atoms with E-state index in [-0.39, 0.29) is 0 Å². The van der Waals surface area contributed by atoms with Gasteiger partial charge in [0.25, 0.3) is 0 Å². The first-order valence-electron chi connectivity index (χ1n) is 4.61. The Kier molecular flexibility index (Phi) is 5.22. The topological polar surface area (TPSA) is 12.0 Å². The third-order valence-corrected chi connectivity index (χ3v) is 1.76. The van der Waals surface area contributed by atoms with Crippen molar-refractivity contribution in [2.24, 2.45) is 0 Å². The zero-order chi connectivity index (χ0) is 8.85. The van der Waals surface area contributed by atoms with Crippen molar-refractivity contribution in [2.75, 3.05) is 0 Å². The molecule has 1 heteroatoms. The van der Waals surface area contributed by atoms with Crippen LogP contribution in [0.2, 0.25) is 0 Å². The Morgan fingerprint density at radius 3 is 1.82 bits per heavy atom. The predicted molar refractivity (Wildman–Crippen MR) is 51.8 cm³/mol. The van der Waals surface area contributed by atoms with Crippen LogP contribution in [0.1, 0.15) is 40.5 Å². The third-order valence-electron chi connectivity index (χ3n) is 1.76. The normalized spacial score (nSPS) is 30.7. The molecule has 1 nitrogen and oxygen atoms in total. The molecule has 0 bridgehead atoms. The maximum atomic E-state index is 3.98. The molecule has 1 aliphatic rings. The van der Waals surface area contributed by atoms with Crippen LogP contribution >= 0.6 is 0 Å². The van der Waals surface area contributed by atoms with Gasteiger partial charge in [0.15, 0.2) is 0 Å². The number of rotatable bonds is 0. The van der Waals surface area contributed by atoms with Gasteiger partial charge < -0.3 is 5.32 Å². The molecule has 11 heavy (non-hydrogen) atoms. The maximum Gasteiger partial charge on any atom is 0.00784 e. The summed E-state index contributed by atoms with van der Waals surface area (Å²) in [6.07, 6.45) is 2.31. The monoisotopic (exact) mass is 155 g/mol. The van der Waals surface area contributed by atoms with Crippen LogP contribution in [0.4, 0.5) is 0 Å². The lowest BCUT2D eigenvalue weighted by atomic mass is 9.96. The van der Waals surface area contributed by atoms with Gasteiger partial charge in [0.1, 0.15) is 0 Å². The minimum atomic E-state index is 0.640. The highest BCUT2D eigenvalue weighted by atomic mass is 14.9. The van der Waals surface area contributed by atoms with E-state index in [0.29, 0.717) is 12.1 Å². The largest absolute Gasteiger partial charge is 0.311 e. The van der Waals surface area contributed by atoms with Crippen LogP contribution in [0, 0.1) is 0 Å². The van der Waals surface area contributed by atoms with Gasteiger partial charge in [0.2, 0.25) is 0 Å². The molecule has 0 spiro atoms. The molecule has 0 aliphatic carbocycles. The first-order valence-corrected chi connectivity index (χ1v) is 4.61. The minimum absolute atomic E-state index is 0.640. The highest BCUT2D eigenvalue weighted by molar-refractivity contribution is 5.03. The molecule has 1 saturated heterocycles. The molecule has 0 radical (unpaired) electrons. The van der Waals surface area contributed by atoms with Gasteiger partial charge in [0.05, 0.1) is 0 Å². The summed E-state index contributed by atoms with van der Waals surface area (Å²) in [7, 11) is 0. The highest BCUT2D eigenvalue weighted by Crippen LogP contribution is 2.16. The van der Waals surface area contributed by atoms with Crippen LogP contribution in [0.15, 0.2) is 12.2 Å². The number of hydrogen-bond donors (Lipinski definition) is 1. The fraction of sp³-hybridized carbons (Fsp3) is 0.800. The third kappa shape index (κ3) is 4.20. The van der Waals surface area contributed by atoms with Crippen LogP contribution < -0.4 is 5.32 Å². The average Bonchev–Trinajstić information content (AvgIpc) is 1.88. The summed E-state index contributed by atoms with van der Waals surface area (Å²) >= 11 is 0. The Bertz CT molecular complexity index is 106. The van der Waals surface area contributed by atoms with Gasteiger partial charge in [0, 0.05) is 12.1 Å². The molecule has 2 atom stereocenters. The molecular weight excluding hydrogens is 134 g/mol. The summed E-state index contributed by atoms with van der Waals surface area (Å²) in [6.45, 7) is 12.4. The summed E-state index contributed by atoms with van der Waals surface area (Å²) in [5, 5.41) is 3.45. The lowest BCUT2D eigenvalue weighted by molar-refractivity contribution is 0.412. The van der Waals surface area contributed by atoms with Crippen molar-refractivity contribution in [3.8, 4) is 0 Å². The minimum Gasteiger partial charge on any atom is -0.311 e. The van der Waals surface area contributed by atoms with Crippen LogP contribution in [-0.2, 0) is 0 Å². The van der Waals surface area contributed by atoms with E-state index < -0.39 is 0 Å². The van der Waals surface area contributed by atoms with Crippen LogP contribution in [-0.4, -0.2) is 12.1 Å². The Hall–Kier alpha value is -0.300. The van der Waals surface area contributed by atoms with Gasteiger partial charge in [-0.2, -0.15) is 0 Å². The molecule has 1 N–H and O–H groups in total. The molecule has 0 saturated carbocycles. The van der Waals surface area contributed by atoms with Crippen molar-refractivity contribution in [3.63, 3.8) is 0 Å². The van der Waals surface area contributed by atoms with Crippen molar-refractivity contribution >= 4 is 0 Å². The molecule has 1 fully saturated rings. The van der Waals surface area contributed by atoms with Crippen molar-refractivity contribution in [3.05, 3.63) is 12.2 Å². The van der Waals surface area contributed by atoms with E-state index in [4.69, 9.17) is 0 Å². The second kappa shape index (κ2) is 5.36. The van der Waals surface area contributed by atoms with Gasteiger partial charge in [-0.05, 0) is 26.7 Å². The fourth-order valence-corrected chi connectivity index (χ4v) is 1.55. The summed E-state index contributed by atoms with van der Waals surface area (Å²) < 4.78 is 0. The van der Waals surface area contributed by atoms with Gasteiger partial charge in [-0.3, -0.25) is 0 Å². The summed E-state index contributed by atoms with van der Waals surface area (Å²) in [4.78, 5) is 0. The van der Waals surface area contributed by atoms with E-state index >= 15 is 0 Å². The number of nitrogens with one attached hydrogen (secondary N) is 1. The van der Waals surface area contributed by atoms with Crippen molar-refractivity contribution < 1.29 is 0 Å². The highest BCUT2D eigenvalue weighted by Gasteiger charge is 2.15. The van der Waals surface area contributed by atoms with E-state index in [1.165, 1.54) is 5.57 Å². The quantitative estimate of drug-likeness (QED) is 0.530. The van der Waals surface area contributed by atoms with Crippen LogP contribution in [0.3, 0.4) is 0 Å². The number of piperidine rings is 1. The smallest absolute Gasteiger partial charge is 0.00784 e. The predicted octanol–water partition coefficient (Wildman–Crippen LogP) is 2.73. The lowest BCUT2D eigenvalue weighted by Crippen LogP contribution is -2.39. The SMILES string of the molecule is C=C1CC(C)NC(C)C1.CC. The second-order valence-corrected chi connectivity index (χ2v) is 3.13. The van der Waals surface area contributed by atoms with Gasteiger partial charge in [-0.1, -0.05) is 26.0 Å². The van der Waals surface area contributed by atoms with Crippen LogP contribution in [0.5, 0.6) is 0 Å². The molecule has 1 heterocycles. The second-order valence-electron chi connectivity index (χ2n) is 3.13. The summed E-state index contributed by atoms with van der Waals surface area (Å²) in [6, 6.07) is 1.28. The Labute approximate surface area is 70.9 Å². The van der Waals surface area contributed by atoms with E-state index in [1.54, 1.807) is 0 Å². The molecule has 0 amide bonds. The van der Waals surface area contributed by atoms with E-state index in [1.807, 2.05) is 13.8 Å². The Balaban J connectivity index is 0.000000461. The Morgan fingerprint density at radius 2 is 1.55 bits per heavy atom. The molecule has 0 aromatic rings. The maximum absolute atomic E-state index is 3.98. The molecule has 0 aromatic heterocycles. The van der Waals surface area contributed by atoms with Gasteiger partial charge in [-0.25, -0.2) is 0 Å². The summed E-state index contributed by atoms with van der Waals surface area (Å²) in [5.41, 5.74) is 1.40. The van der Waals surface area contributed by atoms with E-state index in [9.17, 15) is 0 Å². The van der Waals surface area contributed by atoms with Gasteiger partial charge in [-0.15, -0.1) is 0 Å². The van der Waals surface area contributed by atoms with Crippen LogP contribution in [0.25, 0.3) is 0 Å². The first-order chi connectivity index (χ1) is 5.18. The zero-order valence-electron chi connectivity index (χ0n) is 8.28. The molecule has 0 aromatic carbocycles. The lowest BCUT2D eigenvalue weighted by Gasteiger charge is -2.27. The standard InChI is InChI=1S/C8H15N.C2H6/c1-6-4-7(2)9-8(3)5-6;1-2/h7-9H,1,4-5H2,2-3H3;1-2H3. The first kappa shape index (κ1) is 10.7. The average molecular weight is 155 g/mol. The fourth-order valence-electron chi connectivity index (χ4n) is 1.55. The van der Waals surface area contributed by atoms with Crippen molar-refractivity contribution in [1.29, 1.82) is 0 Å². The molecule has 66 valence electrons. The van der Waals surface area contributed by atoms with Crippen molar-refractivity contribution in [2.45, 2.75) is 52.6 Å².